The standard InChI is InChI=1S/C15H26N2O3S/c1-21(19,20)12-15(2-3-15)10-13(18)17-8-5-14(6-9-17)4-7-16-11-14/h16H,2-12H2,1H3. The van der Waals surface area contributed by atoms with E-state index in [1.165, 1.54) is 12.7 Å². The number of piperidine rings is 1. The quantitative estimate of drug-likeness (QED) is 0.834. The molecule has 0 radical (unpaired) electrons. The minimum atomic E-state index is -2.99. The zero-order valence-electron chi connectivity index (χ0n) is 12.9. The molecule has 1 spiro atoms. The van der Waals surface area contributed by atoms with Crippen LogP contribution >= 0.6 is 0 Å². The lowest BCUT2D eigenvalue weighted by molar-refractivity contribution is -0.134. The minimum Gasteiger partial charge on any atom is -0.343 e. The lowest BCUT2D eigenvalue weighted by Crippen LogP contribution is -2.44. The molecule has 5 nitrogen and oxygen atoms in total. The second-order valence-electron chi connectivity index (χ2n) is 7.55. The van der Waals surface area contributed by atoms with E-state index in [2.05, 4.69) is 5.32 Å². The van der Waals surface area contributed by atoms with Gasteiger partial charge in [-0.3, -0.25) is 4.79 Å². The van der Waals surface area contributed by atoms with Gasteiger partial charge in [0.1, 0.15) is 9.84 Å². The summed E-state index contributed by atoms with van der Waals surface area (Å²) in [6, 6.07) is 0. The molecule has 2 heterocycles. The van der Waals surface area contributed by atoms with E-state index in [1.54, 1.807) is 0 Å². The Morgan fingerprint density at radius 2 is 1.81 bits per heavy atom. The summed E-state index contributed by atoms with van der Waals surface area (Å²) in [7, 11) is -2.99. The molecule has 0 unspecified atom stereocenters. The van der Waals surface area contributed by atoms with Crippen LogP contribution in [0.3, 0.4) is 0 Å². The molecule has 0 bridgehead atoms. The van der Waals surface area contributed by atoms with Gasteiger partial charge in [-0.2, -0.15) is 0 Å². The molecule has 120 valence electrons. The Morgan fingerprint density at radius 3 is 2.29 bits per heavy atom. The molecule has 3 aliphatic rings. The number of rotatable bonds is 4. The Balaban J connectivity index is 1.53. The maximum absolute atomic E-state index is 12.5. The highest BCUT2D eigenvalue weighted by Gasteiger charge is 2.48. The fraction of sp³-hybridized carbons (Fsp3) is 0.933. The van der Waals surface area contributed by atoms with Gasteiger partial charge < -0.3 is 10.2 Å². The third-order valence-corrected chi connectivity index (χ3v) is 6.70. The summed E-state index contributed by atoms with van der Waals surface area (Å²) < 4.78 is 23.0. The van der Waals surface area contributed by atoms with Gasteiger partial charge in [-0.1, -0.05) is 0 Å². The lowest BCUT2D eigenvalue weighted by Gasteiger charge is -2.39. The third kappa shape index (κ3) is 3.59. The first-order chi connectivity index (χ1) is 9.82. The normalized spacial score (nSPS) is 27.0. The summed E-state index contributed by atoms with van der Waals surface area (Å²) in [4.78, 5) is 14.4. The number of nitrogens with one attached hydrogen (secondary N) is 1. The highest BCUT2D eigenvalue weighted by molar-refractivity contribution is 7.90. The van der Waals surface area contributed by atoms with Crippen LogP contribution in [0, 0.1) is 10.8 Å². The van der Waals surface area contributed by atoms with Crippen molar-refractivity contribution in [3.8, 4) is 0 Å². The fourth-order valence-corrected chi connectivity index (χ4v) is 5.49. The van der Waals surface area contributed by atoms with Crippen LogP contribution < -0.4 is 5.32 Å². The summed E-state index contributed by atoms with van der Waals surface area (Å²) in [5.41, 5.74) is 0.176. The van der Waals surface area contributed by atoms with Crippen molar-refractivity contribution in [2.75, 3.05) is 38.2 Å². The molecule has 1 saturated carbocycles. The molecule has 0 atom stereocenters. The maximum atomic E-state index is 12.5. The number of likely N-dealkylation sites (tertiary alicyclic amines) is 1. The Hall–Kier alpha value is -0.620. The molecule has 1 amide bonds. The highest BCUT2D eigenvalue weighted by atomic mass is 32.2. The van der Waals surface area contributed by atoms with E-state index in [0.717, 1.165) is 51.9 Å². The van der Waals surface area contributed by atoms with Gasteiger partial charge in [-0.05, 0) is 49.5 Å². The number of amides is 1. The molecule has 2 aliphatic heterocycles. The van der Waals surface area contributed by atoms with Crippen molar-refractivity contribution in [3.05, 3.63) is 0 Å². The van der Waals surface area contributed by atoms with E-state index in [4.69, 9.17) is 0 Å². The largest absolute Gasteiger partial charge is 0.343 e. The van der Waals surface area contributed by atoms with Gasteiger partial charge in [0.15, 0.2) is 0 Å². The van der Waals surface area contributed by atoms with Crippen molar-refractivity contribution in [1.82, 2.24) is 10.2 Å². The number of nitrogens with zero attached hydrogens (tertiary/aromatic N) is 1. The molecule has 0 aromatic rings. The van der Waals surface area contributed by atoms with Crippen molar-refractivity contribution in [1.29, 1.82) is 0 Å². The highest BCUT2D eigenvalue weighted by Crippen LogP contribution is 2.50. The Morgan fingerprint density at radius 1 is 1.14 bits per heavy atom. The number of carbonyl (C=O) groups excluding carboxylic acids is 1. The summed E-state index contributed by atoms with van der Waals surface area (Å²) in [6.07, 6.45) is 6.87. The van der Waals surface area contributed by atoms with Crippen molar-refractivity contribution in [2.24, 2.45) is 10.8 Å². The second-order valence-corrected chi connectivity index (χ2v) is 9.69. The average Bonchev–Trinajstić information content (AvgIpc) is 2.96. The molecule has 0 aromatic carbocycles. The average molecular weight is 314 g/mol. The SMILES string of the molecule is CS(=O)(=O)CC1(CC(=O)N2CCC3(CCNC3)CC2)CC1. The predicted octanol–water partition coefficient (Wildman–Crippen LogP) is 0.803. The van der Waals surface area contributed by atoms with Gasteiger partial charge >= 0.3 is 0 Å². The van der Waals surface area contributed by atoms with Crippen molar-refractivity contribution in [2.45, 2.75) is 38.5 Å². The second kappa shape index (κ2) is 5.23. The number of carbonyl (C=O) groups is 1. The molecule has 21 heavy (non-hydrogen) atoms. The maximum Gasteiger partial charge on any atom is 0.223 e. The van der Waals surface area contributed by atoms with Crippen LogP contribution in [-0.2, 0) is 14.6 Å². The van der Waals surface area contributed by atoms with Crippen LogP contribution in [0.1, 0.15) is 38.5 Å². The molecule has 2 saturated heterocycles. The first kappa shape index (κ1) is 15.3. The summed E-state index contributed by atoms with van der Waals surface area (Å²) in [6.45, 7) is 3.88. The monoisotopic (exact) mass is 314 g/mol. The molecular weight excluding hydrogens is 288 g/mol. The van der Waals surface area contributed by atoms with E-state index in [-0.39, 0.29) is 17.1 Å². The molecule has 6 heteroatoms. The van der Waals surface area contributed by atoms with Crippen LogP contribution in [0.5, 0.6) is 0 Å². The molecule has 3 rings (SSSR count). The third-order valence-electron chi connectivity index (χ3n) is 5.56. The zero-order chi connectivity index (χ0) is 15.1. The number of hydrogen-bond donors (Lipinski definition) is 1. The van der Waals surface area contributed by atoms with E-state index in [1.807, 2.05) is 4.90 Å². The Kier molecular flexibility index (Phi) is 3.81. The fourth-order valence-electron chi connectivity index (χ4n) is 3.99. The minimum absolute atomic E-state index is 0.164. The van der Waals surface area contributed by atoms with Gasteiger partial charge in [0, 0.05) is 32.3 Å². The van der Waals surface area contributed by atoms with Gasteiger partial charge in [-0.15, -0.1) is 0 Å². The van der Waals surface area contributed by atoms with E-state index in [9.17, 15) is 13.2 Å². The predicted molar refractivity (Wildman–Crippen MR) is 81.7 cm³/mol. The van der Waals surface area contributed by atoms with Gasteiger partial charge in [-0.25, -0.2) is 8.42 Å². The first-order valence-corrected chi connectivity index (χ1v) is 10.0. The Bertz CT molecular complexity index is 509. The molecule has 3 fully saturated rings. The zero-order valence-corrected chi connectivity index (χ0v) is 13.7. The van der Waals surface area contributed by atoms with Crippen LogP contribution in [0.25, 0.3) is 0 Å². The topological polar surface area (TPSA) is 66.5 Å². The van der Waals surface area contributed by atoms with Crippen LogP contribution in [-0.4, -0.2) is 57.4 Å². The number of sulfone groups is 1. The van der Waals surface area contributed by atoms with Gasteiger partial charge in [0.05, 0.1) is 5.75 Å². The summed E-state index contributed by atoms with van der Waals surface area (Å²) in [5, 5.41) is 3.43. The van der Waals surface area contributed by atoms with Crippen molar-refractivity contribution < 1.29 is 13.2 Å². The molecule has 0 aromatic heterocycles. The van der Waals surface area contributed by atoms with Crippen LogP contribution in [0.2, 0.25) is 0 Å². The molecule has 1 N–H and O–H groups in total. The van der Waals surface area contributed by atoms with Crippen LogP contribution in [0.4, 0.5) is 0 Å². The number of hydrogen-bond acceptors (Lipinski definition) is 4. The van der Waals surface area contributed by atoms with E-state index < -0.39 is 9.84 Å². The van der Waals surface area contributed by atoms with E-state index >= 15 is 0 Å². The van der Waals surface area contributed by atoms with Crippen molar-refractivity contribution >= 4 is 15.7 Å². The van der Waals surface area contributed by atoms with Gasteiger partial charge in [0.25, 0.3) is 0 Å². The smallest absolute Gasteiger partial charge is 0.223 e. The van der Waals surface area contributed by atoms with E-state index in [0.29, 0.717) is 11.8 Å². The first-order valence-electron chi connectivity index (χ1n) is 7.98. The lowest BCUT2D eigenvalue weighted by atomic mass is 9.77. The summed E-state index contributed by atoms with van der Waals surface area (Å²) >= 11 is 0. The van der Waals surface area contributed by atoms with Gasteiger partial charge in [0.2, 0.25) is 5.91 Å². The van der Waals surface area contributed by atoms with Crippen molar-refractivity contribution in [3.63, 3.8) is 0 Å². The Labute approximate surface area is 127 Å². The van der Waals surface area contributed by atoms with Crippen LogP contribution in [0.15, 0.2) is 0 Å². The summed E-state index contributed by atoms with van der Waals surface area (Å²) in [5.74, 6) is 0.338. The molecule has 1 aliphatic carbocycles. The molecular formula is C15H26N2O3S.